The number of aromatic nitrogens is 2. The van der Waals surface area contributed by atoms with Crippen molar-refractivity contribution in [3.63, 3.8) is 0 Å². The number of ether oxygens (including phenoxy) is 2. The lowest BCUT2D eigenvalue weighted by atomic mass is 9.97. The Labute approximate surface area is 215 Å². The Morgan fingerprint density at radius 2 is 1.74 bits per heavy atom. The summed E-state index contributed by atoms with van der Waals surface area (Å²) in [5.74, 6) is 1.32. The van der Waals surface area contributed by atoms with E-state index in [9.17, 15) is 4.39 Å². The van der Waals surface area contributed by atoms with Gasteiger partial charge in [0, 0.05) is 24.7 Å². The minimum absolute atomic E-state index is 0. The summed E-state index contributed by atoms with van der Waals surface area (Å²) in [5.41, 5.74) is 3.03. The van der Waals surface area contributed by atoms with Crippen LogP contribution in [0.15, 0.2) is 30.3 Å². The van der Waals surface area contributed by atoms with Gasteiger partial charge in [-0.2, -0.15) is 5.10 Å². The Morgan fingerprint density at radius 3 is 2.41 bits per heavy atom. The van der Waals surface area contributed by atoms with E-state index in [2.05, 4.69) is 29.3 Å². The monoisotopic (exact) mass is 513 g/mol. The van der Waals surface area contributed by atoms with Crippen LogP contribution in [0.3, 0.4) is 0 Å². The highest BCUT2D eigenvalue weighted by atomic mass is 35.5. The van der Waals surface area contributed by atoms with Gasteiger partial charge in [0.15, 0.2) is 0 Å². The average molecular weight is 515 g/mol. The van der Waals surface area contributed by atoms with Gasteiger partial charge in [-0.15, -0.1) is 29.9 Å². The van der Waals surface area contributed by atoms with Crippen LogP contribution in [0.5, 0.6) is 11.6 Å². The van der Waals surface area contributed by atoms with Crippen molar-refractivity contribution in [1.29, 1.82) is 0 Å². The molecule has 1 aliphatic carbocycles. The molecule has 2 aliphatic rings. The second-order valence-corrected chi connectivity index (χ2v) is 9.27. The minimum atomic E-state index is -1.02. The van der Waals surface area contributed by atoms with Crippen molar-refractivity contribution in [2.24, 2.45) is 0 Å². The summed E-state index contributed by atoms with van der Waals surface area (Å²) in [6.07, 6.45) is 8.61. The highest BCUT2D eigenvalue weighted by Crippen LogP contribution is 2.30. The van der Waals surface area contributed by atoms with Gasteiger partial charge in [-0.25, -0.2) is 4.39 Å². The van der Waals surface area contributed by atoms with E-state index in [4.69, 9.17) is 9.47 Å². The van der Waals surface area contributed by atoms with Gasteiger partial charge in [0.05, 0.1) is 11.8 Å². The number of likely N-dealkylation sites (tertiary alicyclic amines) is 1. The lowest BCUT2D eigenvalue weighted by Gasteiger charge is -2.32. The number of nitrogens with zero attached hydrogens (tertiary/aromatic N) is 3. The average Bonchev–Trinajstić information content (AvgIpc) is 2.81. The molecule has 1 saturated carbocycles. The second kappa shape index (κ2) is 14.1. The molecule has 2 atom stereocenters. The third-order valence-electron chi connectivity index (χ3n) is 6.59. The van der Waals surface area contributed by atoms with Gasteiger partial charge in [0.1, 0.15) is 18.0 Å². The minimum Gasteiger partial charge on any atom is -0.490 e. The number of aryl methyl sites for hydroxylation is 1. The summed E-state index contributed by atoms with van der Waals surface area (Å²) in [6, 6.07) is 10.2. The van der Waals surface area contributed by atoms with Gasteiger partial charge < -0.3 is 14.4 Å². The van der Waals surface area contributed by atoms with Crippen molar-refractivity contribution in [3.05, 3.63) is 36.0 Å². The summed E-state index contributed by atoms with van der Waals surface area (Å²) >= 11 is 0. The van der Waals surface area contributed by atoms with Gasteiger partial charge in [-0.05, 0) is 69.7 Å². The maximum atomic E-state index is 14.5. The molecular formula is C26H38Cl2FN3O2. The van der Waals surface area contributed by atoms with Crippen LogP contribution in [0.4, 0.5) is 4.39 Å². The van der Waals surface area contributed by atoms with E-state index in [1.54, 1.807) is 0 Å². The largest absolute Gasteiger partial charge is 0.490 e. The predicted molar refractivity (Wildman–Crippen MR) is 140 cm³/mol. The van der Waals surface area contributed by atoms with Crippen LogP contribution in [0.2, 0.25) is 0 Å². The van der Waals surface area contributed by atoms with Crippen LogP contribution in [0.1, 0.15) is 64.0 Å². The van der Waals surface area contributed by atoms with Crippen LogP contribution in [-0.2, 0) is 6.42 Å². The van der Waals surface area contributed by atoms with Crippen molar-refractivity contribution in [1.82, 2.24) is 15.1 Å². The predicted octanol–water partition coefficient (Wildman–Crippen LogP) is 6.46. The smallest absolute Gasteiger partial charge is 0.234 e. The molecule has 1 aliphatic heterocycles. The molecule has 8 heteroatoms. The van der Waals surface area contributed by atoms with Gasteiger partial charge in [-0.1, -0.05) is 31.9 Å². The SMILES string of the molecule is CCCCc1nnc(O[C@H]2CCN(C)C[C@@H]2F)cc1-c1ccc(OC2CCCCC2)cc1.Cl.Cl. The van der Waals surface area contributed by atoms with Gasteiger partial charge in [-0.3, -0.25) is 0 Å². The zero-order chi connectivity index (χ0) is 22.3. The second-order valence-electron chi connectivity index (χ2n) is 9.27. The topological polar surface area (TPSA) is 47.5 Å². The van der Waals surface area contributed by atoms with Gasteiger partial charge in [0.2, 0.25) is 5.88 Å². The highest BCUT2D eigenvalue weighted by molar-refractivity contribution is 5.85. The molecule has 0 bridgehead atoms. The fourth-order valence-corrected chi connectivity index (χ4v) is 4.65. The standard InChI is InChI=1S/C26H36FN3O2.2ClH/c1-3-4-10-24-22(17-26(29-28-24)32-25-15-16-30(2)18-23(25)27)19-11-13-21(14-12-19)31-20-8-6-5-7-9-20;;/h11-14,17,20,23,25H,3-10,15-16,18H2,1-2H3;2*1H/t23-,25-;;/m0../s1. The number of hydrogen-bond acceptors (Lipinski definition) is 5. The Balaban J connectivity index is 0.00000204. The van der Waals surface area contributed by atoms with E-state index in [-0.39, 0.29) is 24.8 Å². The number of alkyl halides is 1. The fourth-order valence-electron chi connectivity index (χ4n) is 4.65. The molecular weight excluding hydrogens is 476 g/mol. The molecule has 0 N–H and O–H groups in total. The molecule has 5 nitrogen and oxygen atoms in total. The molecule has 1 saturated heterocycles. The third-order valence-corrected chi connectivity index (χ3v) is 6.59. The molecule has 2 aromatic rings. The number of benzene rings is 1. The van der Waals surface area contributed by atoms with Crippen LogP contribution < -0.4 is 9.47 Å². The number of hydrogen-bond donors (Lipinski definition) is 0. The number of piperidine rings is 1. The maximum Gasteiger partial charge on any atom is 0.234 e. The van der Waals surface area contributed by atoms with E-state index in [1.807, 2.05) is 30.1 Å². The molecule has 1 aromatic heterocycles. The Bertz CT molecular complexity index is 866. The van der Waals surface area contributed by atoms with Crippen molar-refractivity contribution in [2.45, 2.75) is 83.1 Å². The van der Waals surface area contributed by atoms with Crippen molar-refractivity contribution >= 4 is 24.8 Å². The van der Waals surface area contributed by atoms with Crippen molar-refractivity contribution in [3.8, 4) is 22.8 Å². The van der Waals surface area contributed by atoms with E-state index in [0.29, 0.717) is 24.9 Å². The number of unbranched alkanes of at least 4 members (excludes halogenated alkanes) is 1. The number of rotatable bonds is 8. The molecule has 4 rings (SSSR count). The third kappa shape index (κ3) is 7.69. The first-order valence-electron chi connectivity index (χ1n) is 12.3. The first kappa shape index (κ1) is 28.6. The van der Waals surface area contributed by atoms with E-state index < -0.39 is 12.3 Å². The summed E-state index contributed by atoms with van der Waals surface area (Å²) < 4.78 is 26.6. The summed E-state index contributed by atoms with van der Waals surface area (Å²) in [5, 5.41) is 8.76. The molecule has 190 valence electrons. The van der Waals surface area contributed by atoms with Gasteiger partial charge >= 0.3 is 0 Å². The maximum absolute atomic E-state index is 14.5. The Kier molecular flexibility index (Phi) is 11.8. The Morgan fingerprint density at radius 1 is 1.00 bits per heavy atom. The molecule has 0 spiro atoms. The van der Waals surface area contributed by atoms with Crippen LogP contribution in [0, 0.1) is 0 Å². The van der Waals surface area contributed by atoms with Crippen LogP contribution in [0.25, 0.3) is 11.1 Å². The van der Waals surface area contributed by atoms with E-state index in [1.165, 1.54) is 19.3 Å². The number of halogens is 3. The quantitative estimate of drug-likeness (QED) is 0.405. The summed E-state index contributed by atoms with van der Waals surface area (Å²) in [7, 11) is 1.94. The zero-order valence-corrected chi connectivity index (χ0v) is 21.9. The molecule has 0 amide bonds. The normalized spacial score (nSPS) is 21.3. The van der Waals surface area contributed by atoms with Crippen LogP contribution >= 0.6 is 24.8 Å². The molecule has 34 heavy (non-hydrogen) atoms. The Hall–Kier alpha value is -1.63. The highest BCUT2D eigenvalue weighted by Gasteiger charge is 2.30. The first-order valence-corrected chi connectivity index (χ1v) is 12.3. The van der Waals surface area contributed by atoms with E-state index in [0.717, 1.165) is 61.2 Å². The van der Waals surface area contributed by atoms with Crippen molar-refractivity contribution in [2.75, 3.05) is 20.1 Å². The molecule has 0 unspecified atom stereocenters. The lowest BCUT2D eigenvalue weighted by Crippen LogP contribution is -2.45. The van der Waals surface area contributed by atoms with Gasteiger partial charge in [0.25, 0.3) is 0 Å². The summed E-state index contributed by atoms with van der Waals surface area (Å²) in [6.45, 7) is 3.38. The van der Waals surface area contributed by atoms with Crippen LogP contribution in [-0.4, -0.2) is 53.6 Å². The fraction of sp³-hybridized carbons (Fsp3) is 0.615. The van der Waals surface area contributed by atoms with Crippen molar-refractivity contribution < 1.29 is 13.9 Å². The molecule has 2 heterocycles. The molecule has 1 aromatic carbocycles. The molecule has 2 fully saturated rings. The zero-order valence-electron chi connectivity index (χ0n) is 20.2. The molecule has 0 radical (unpaired) electrons. The lowest BCUT2D eigenvalue weighted by molar-refractivity contribution is 0.0281. The summed E-state index contributed by atoms with van der Waals surface area (Å²) in [4.78, 5) is 1.99. The van der Waals surface area contributed by atoms with E-state index >= 15 is 0 Å². The first-order chi connectivity index (χ1) is 15.6.